The standard InChI is InChI=1S/C96H84N2/c1-61(93(3,4)5)56-83(62(2)94(6,7)8)68-34-32-65(33-35-68)70-42-52-80-77-25-15-19-29-86(77)96(89(80)58-70)87-30-20-16-26-78(87)81-53-43-71(59-90(81)96)67-40-49-74(50-41-67)98-91-31-21-17-27-82(91)84-57-69(44-55-92(84)98)66-38-47-73(48-39-66)97(72-45-36-64(37-46-72)63-22-12-11-13-23-63)75-51-54-79-76-24-14-18-28-85(76)95(9,10)88(79)60-75/h11-55,57-62,83H,56H2,1-10H3. The molecule has 0 amide bonds. The number of benzene rings is 13. The fourth-order valence-corrected chi connectivity index (χ4v) is 17.1. The van der Waals surface area contributed by atoms with E-state index in [1.54, 1.807) is 0 Å². The Labute approximate surface area is 579 Å². The van der Waals surface area contributed by atoms with Gasteiger partial charge >= 0.3 is 0 Å². The Morgan fingerprint density at radius 3 is 1.31 bits per heavy atom. The molecule has 98 heavy (non-hydrogen) atoms. The number of fused-ring (bicyclic) bond motifs is 16. The molecular weight excluding hydrogens is 1180 g/mol. The maximum Gasteiger partial charge on any atom is 0.0725 e. The van der Waals surface area contributed by atoms with Crippen molar-refractivity contribution < 1.29 is 0 Å². The second-order valence-electron chi connectivity index (χ2n) is 31.1. The van der Waals surface area contributed by atoms with Crippen LogP contribution in [0.1, 0.15) is 121 Å². The monoisotopic (exact) mass is 1260 g/mol. The summed E-state index contributed by atoms with van der Waals surface area (Å²) >= 11 is 0. The number of nitrogens with zero attached hydrogens (tertiary/aromatic N) is 2. The zero-order chi connectivity index (χ0) is 67.0. The molecule has 14 aromatic rings. The normalized spacial score (nSPS) is 15.7. The minimum Gasteiger partial charge on any atom is -0.310 e. The van der Waals surface area contributed by atoms with Gasteiger partial charge in [0.15, 0.2) is 0 Å². The molecule has 478 valence electrons. The van der Waals surface area contributed by atoms with Gasteiger partial charge in [0.25, 0.3) is 0 Å². The quantitative estimate of drug-likeness (QED) is 0.118. The van der Waals surface area contributed by atoms with E-state index in [0.29, 0.717) is 17.8 Å². The molecule has 2 nitrogen and oxygen atoms in total. The third kappa shape index (κ3) is 9.80. The highest BCUT2D eigenvalue weighted by Gasteiger charge is 2.52. The van der Waals surface area contributed by atoms with Gasteiger partial charge in [-0.3, -0.25) is 0 Å². The van der Waals surface area contributed by atoms with Crippen molar-refractivity contribution in [2.45, 2.75) is 92.4 Å². The predicted molar refractivity (Wildman–Crippen MR) is 416 cm³/mol. The van der Waals surface area contributed by atoms with Crippen LogP contribution in [-0.2, 0) is 10.8 Å². The SMILES string of the molecule is CC(CC(c1ccc(-c2ccc3c(c2)C2(c4ccccc4-3)c3ccccc3-c3ccc(-c4ccc(-n5c6ccccc6c6cc(-c7ccc(N(c8ccc(-c9ccccc9)cc8)c8ccc9c(c8)C(C)(C)c8ccccc8-9)cc7)ccc65)cc4)cc32)cc1)C(C)C(C)(C)C)C(C)(C)C. The molecule has 3 aliphatic carbocycles. The molecule has 4 atom stereocenters. The van der Waals surface area contributed by atoms with Gasteiger partial charge < -0.3 is 9.47 Å². The summed E-state index contributed by atoms with van der Waals surface area (Å²) in [4.78, 5) is 2.42. The van der Waals surface area contributed by atoms with Crippen molar-refractivity contribution in [3.63, 3.8) is 0 Å². The average Bonchev–Trinajstić information content (AvgIpc) is 1.51. The Morgan fingerprint density at radius 1 is 0.327 bits per heavy atom. The molecule has 0 radical (unpaired) electrons. The largest absolute Gasteiger partial charge is 0.310 e. The first-order valence-corrected chi connectivity index (χ1v) is 35.5. The first kappa shape index (κ1) is 61.1. The third-order valence-electron chi connectivity index (χ3n) is 23.5. The minimum absolute atomic E-state index is 0.124. The molecule has 3 aliphatic rings. The van der Waals surface area contributed by atoms with Gasteiger partial charge in [-0.25, -0.2) is 0 Å². The first-order valence-electron chi connectivity index (χ1n) is 35.5. The molecule has 0 bridgehead atoms. The van der Waals surface area contributed by atoms with Gasteiger partial charge in [0, 0.05) is 38.9 Å². The second kappa shape index (κ2) is 23.1. The van der Waals surface area contributed by atoms with E-state index in [9.17, 15) is 0 Å². The summed E-state index contributed by atoms with van der Waals surface area (Å²) in [5.74, 6) is 1.59. The van der Waals surface area contributed by atoms with Crippen LogP contribution in [0, 0.1) is 22.7 Å². The molecule has 0 saturated heterocycles. The van der Waals surface area contributed by atoms with Crippen molar-refractivity contribution in [3.8, 4) is 83.6 Å². The maximum atomic E-state index is 2.54. The second-order valence-corrected chi connectivity index (χ2v) is 31.1. The van der Waals surface area contributed by atoms with Crippen LogP contribution in [0.3, 0.4) is 0 Å². The summed E-state index contributed by atoms with van der Waals surface area (Å²) in [6.07, 6.45) is 1.17. The van der Waals surface area contributed by atoms with Crippen LogP contribution in [0.25, 0.3) is 105 Å². The molecule has 0 fully saturated rings. The van der Waals surface area contributed by atoms with Gasteiger partial charge in [0.05, 0.1) is 16.4 Å². The van der Waals surface area contributed by atoms with Crippen molar-refractivity contribution in [1.82, 2.24) is 4.57 Å². The lowest BCUT2D eigenvalue weighted by atomic mass is 9.66. The Morgan fingerprint density at radius 2 is 0.735 bits per heavy atom. The van der Waals surface area contributed by atoms with Crippen LogP contribution < -0.4 is 4.90 Å². The van der Waals surface area contributed by atoms with E-state index in [1.165, 1.54) is 145 Å². The molecule has 17 rings (SSSR count). The van der Waals surface area contributed by atoms with Crippen LogP contribution in [0.5, 0.6) is 0 Å². The average molecular weight is 1270 g/mol. The van der Waals surface area contributed by atoms with Crippen LogP contribution in [-0.4, -0.2) is 4.57 Å². The summed E-state index contributed by atoms with van der Waals surface area (Å²) < 4.78 is 2.45. The van der Waals surface area contributed by atoms with Crippen LogP contribution in [0.2, 0.25) is 0 Å². The number of para-hydroxylation sites is 1. The topological polar surface area (TPSA) is 8.17 Å². The van der Waals surface area contributed by atoms with Crippen LogP contribution >= 0.6 is 0 Å². The number of hydrogen-bond acceptors (Lipinski definition) is 1. The van der Waals surface area contributed by atoms with E-state index in [-0.39, 0.29) is 16.2 Å². The summed E-state index contributed by atoms with van der Waals surface area (Å²) in [6, 6.07) is 113. The zero-order valence-corrected chi connectivity index (χ0v) is 58.1. The Kier molecular flexibility index (Phi) is 14.4. The van der Waals surface area contributed by atoms with E-state index in [0.717, 1.165) is 22.7 Å². The fraction of sp³-hybridized carbons (Fsp3) is 0.188. The molecule has 1 heterocycles. The molecule has 0 aliphatic heterocycles. The Bertz CT molecular complexity index is 5400. The summed E-state index contributed by atoms with van der Waals surface area (Å²) in [5.41, 5.74) is 33.9. The number of anilines is 3. The van der Waals surface area contributed by atoms with E-state index in [4.69, 9.17) is 0 Å². The highest BCUT2D eigenvalue weighted by molar-refractivity contribution is 6.10. The lowest BCUT2D eigenvalue weighted by Crippen LogP contribution is -2.28. The third-order valence-corrected chi connectivity index (χ3v) is 23.5. The van der Waals surface area contributed by atoms with Crippen molar-refractivity contribution in [1.29, 1.82) is 0 Å². The molecule has 1 spiro atoms. The molecule has 1 aromatic heterocycles. The minimum atomic E-state index is -0.492. The van der Waals surface area contributed by atoms with Crippen molar-refractivity contribution in [2.24, 2.45) is 22.7 Å². The number of hydrogen-bond donors (Lipinski definition) is 0. The van der Waals surface area contributed by atoms with Gasteiger partial charge in [-0.05, 0) is 231 Å². The fourth-order valence-electron chi connectivity index (χ4n) is 17.1. The smallest absolute Gasteiger partial charge is 0.0725 e. The molecule has 0 saturated carbocycles. The van der Waals surface area contributed by atoms with Gasteiger partial charge in [-0.2, -0.15) is 0 Å². The summed E-state index contributed by atoms with van der Waals surface area (Å²) in [6.45, 7) is 24.1. The Hall–Kier alpha value is -10.5. The number of rotatable bonds is 12. The van der Waals surface area contributed by atoms with Crippen molar-refractivity contribution >= 4 is 38.9 Å². The van der Waals surface area contributed by atoms with E-state index < -0.39 is 5.41 Å². The summed E-state index contributed by atoms with van der Waals surface area (Å²) in [7, 11) is 0. The van der Waals surface area contributed by atoms with Crippen molar-refractivity contribution in [2.75, 3.05) is 4.90 Å². The lowest BCUT2D eigenvalue weighted by molar-refractivity contribution is 0.163. The van der Waals surface area contributed by atoms with Gasteiger partial charge in [0.2, 0.25) is 0 Å². The lowest BCUT2D eigenvalue weighted by Gasteiger charge is -2.39. The van der Waals surface area contributed by atoms with Gasteiger partial charge in [-0.15, -0.1) is 0 Å². The maximum absolute atomic E-state index is 2.54. The number of aromatic nitrogens is 1. The van der Waals surface area contributed by atoms with Crippen LogP contribution in [0.4, 0.5) is 17.1 Å². The molecular formula is C96H84N2. The summed E-state index contributed by atoms with van der Waals surface area (Å²) in [5, 5.41) is 2.47. The Balaban J connectivity index is 0.702. The predicted octanol–water partition coefficient (Wildman–Crippen LogP) is 26.4. The van der Waals surface area contributed by atoms with Gasteiger partial charge in [-0.1, -0.05) is 288 Å². The zero-order valence-electron chi connectivity index (χ0n) is 58.1. The van der Waals surface area contributed by atoms with Gasteiger partial charge in [0.1, 0.15) is 0 Å². The highest BCUT2D eigenvalue weighted by Crippen LogP contribution is 2.64. The van der Waals surface area contributed by atoms with E-state index in [1.807, 2.05) is 0 Å². The molecule has 2 heteroatoms. The molecule has 4 unspecified atom stereocenters. The van der Waals surface area contributed by atoms with Crippen molar-refractivity contribution in [3.05, 3.63) is 336 Å². The molecule has 0 N–H and O–H groups in total. The molecule has 13 aromatic carbocycles. The first-order chi connectivity index (χ1) is 47.4. The van der Waals surface area contributed by atoms with E-state index in [2.05, 4.69) is 376 Å². The highest BCUT2D eigenvalue weighted by atomic mass is 15.1. The van der Waals surface area contributed by atoms with E-state index >= 15 is 0 Å². The van der Waals surface area contributed by atoms with Crippen LogP contribution in [0.15, 0.2) is 297 Å².